The summed E-state index contributed by atoms with van der Waals surface area (Å²) in [6.45, 7) is 0.0356. The van der Waals surface area contributed by atoms with Gasteiger partial charge >= 0.3 is 0 Å². The average Bonchev–Trinajstić information content (AvgIpc) is 2.73. The topological polar surface area (TPSA) is 66.5 Å². The standard InChI is InChI=1S/C21H19FN2O3S/c1-24(28(26,27)19-11-3-2-4-12-19)18-10-7-9-16(14-18)21(25)23-15-17-8-5-6-13-20(17)22/h2-14H,15H2,1H3,(H,23,25). The molecule has 1 N–H and O–H groups in total. The van der Waals surface area contributed by atoms with Crippen molar-refractivity contribution in [2.24, 2.45) is 0 Å². The maximum atomic E-state index is 13.7. The number of carbonyl (C=O) groups is 1. The third kappa shape index (κ3) is 4.20. The summed E-state index contributed by atoms with van der Waals surface area (Å²) in [7, 11) is -2.31. The molecular formula is C21H19FN2O3S. The molecule has 0 aliphatic carbocycles. The van der Waals surface area contributed by atoms with E-state index in [4.69, 9.17) is 0 Å². The zero-order valence-corrected chi connectivity index (χ0v) is 16.0. The second-order valence-corrected chi connectivity index (χ2v) is 8.08. The lowest BCUT2D eigenvalue weighted by atomic mass is 10.1. The molecule has 0 heterocycles. The molecular weight excluding hydrogens is 379 g/mol. The molecule has 0 atom stereocenters. The van der Waals surface area contributed by atoms with Gasteiger partial charge in [0.05, 0.1) is 10.6 Å². The van der Waals surface area contributed by atoms with Crippen LogP contribution in [-0.2, 0) is 16.6 Å². The van der Waals surface area contributed by atoms with E-state index < -0.39 is 21.7 Å². The molecule has 3 aromatic rings. The molecule has 0 radical (unpaired) electrons. The maximum Gasteiger partial charge on any atom is 0.264 e. The number of hydrogen-bond acceptors (Lipinski definition) is 3. The molecule has 28 heavy (non-hydrogen) atoms. The lowest BCUT2D eigenvalue weighted by Crippen LogP contribution is -2.27. The highest BCUT2D eigenvalue weighted by Crippen LogP contribution is 2.22. The predicted octanol–water partition coefficient (Wildman–Crippen LogP) is 3.58. The molecule has 7 heteroatoms. The Hall–Kier alpha value is -3.19. The molecule has 0 saturated heterocycles. The number of nitrogens with one attached hydrogen (secondary N) is 1. The van der Waals surface area contributed by atoms with E-state index in [1.54, 1.807) is 54.6 Å². The van der Waals surface area contributed by atoms with Gasteiger partial charge in [-0.1, -0.05) is 42.5 Å². The number of amides is 1. The van der Waals surface area contributed by atoms with Crippen LogP contribution in [0, 0.1) is 5.82 Å². The third-order valence-electron chi connectivity index (χ3n) is 4.27. The van der Waals surface area contributed by atoms with Crippen LogP contribution in [0.3, 0.4) is 0 Å². The summed E-state index contributed by atoms with van der Waals surface area (Å²) in [5, 5.41) is 2.65. The van der Waals surface area contributed by atoms with Crippen molar-refractivity contribution in [1.82, 2.24) is 5.32 Å². The lowest BCUT2D eigenvalue weighted by molar-refractivity contribution is 0.0950. The number of anilines is 1. The van der Waals surface area contributed by atoms with Crippen LogP contribution in [0.25, 0.3) is 0 Å². The minimum atomic E-state index is -3.74. The SMILES string of the molecule is CN(c1cccc(C(=O)NCc2ccccc2F)c1)S(=O)(=O)c1ccccc1. The van der Waals surface area contributed by atoms with Gasteiger partial charge in [0.25, 0.3) is 15.9 Å². The van der Waals surface area contributed by atoms with E-state index in [2.05, 4.69) is 5.32 Å². The molecule has 3 rings (SSSR count). The third-order valence-corrected chi connectivity index (χ3v) is 6.07. The Labute approximate surface area is 163 Å². The molecule has 3 aromatic carbocycles. The van der Waals surface area contributed by atoms with Crippen LogP contribution >= 0.6 is 0 Å². The number of nitrogens with zero attached hydrogens (tertiary/aromatic N) is 1. The average molecular weight is 398 g/mol. The highest BCUT2D eigenvalue weighted by Gasteiger charge is 2.21. The lowest BCUT2D eigenvalue weighted by Gasteiger charge is -2.20. The molecule has 0 fully saturated rings. The van der Waals surface area contributed by atoms with E-state index in [-0.39, 0.29) is 17.0 Å². The van der Waals surface area contributed by atoms with Crippen LogP contribution in [0.2, 0.25) is 0 Å². The zero-order chi connectivity index (χ0) is 20.1. The van der Waals surface area contributed by atoms with Crippen LogP contribution < -0.4 is 9.62 Å². The highest BCUT2D eigenvalue weighted by molar-refractivity contribution is 7.92. The number of rotatable bonds is 6. The molecule has 0 aliphatic rings. The molecule has 0 saturated carbocycles. The fourth-order valence-electron chi connectivity index (χ4n) is 2.65. The van der Waals surface area contributed by atoms with Gasteiger partial charge < -0.3 is 5.32 Å². The Morgan fingerprint density at radius 2 is 1.64 bits per heavy atom. The van der Waals surface area contributed by atoms with Crippen LogP contribution in [0.4, 0.5) is 10.1 Å². The van der Waals surface area contributed by atoms with Gasteiger partial charge in [0.1, 0.15) is 5.82 Å². The number of halogens is 1. The second-order valence-electron chi connectivity index (χ2n) is 6.11. The first-order chi connectivity index (χ1) is 13.4. The van der Waals surface area contributed by atoms with Crippen LogP contribution in [0.1, 0.15) is 15.9 Å². The molecule has 0 aromatic heterocycles. The monoisotopic (exact) mass is 398 g/mol. The van der Waals surface area contributed by atoms with Gasteiger partial charge in [-0.25, -0.2) is 12.8 Å². The van der Waals surface area contributed by atoms with E-state index in [1.807, 2.05) is 0 Å². The summed E-state index contributed by atoms with van der Waals surface area (Å²) in [4.78, 5) is 12.6. The van der Waals surface area contributed by atoms with Gasteiger partial charge in [-0.15, -0.1) is 0 Å². The Morgan fingerprint density at radius 3 is 2.36 bits per heavy atom. The van der Waals surface area contributed by atoms with Crippen LogP contribution in [0.5, 0.6) is 0 Å². The Balaban J connectivity index is 1.78. The summed E-state index contributed by atoms with van der Waals surface area (Å²) in [5.74, 6) is -0.819. The minimum absolute atomic E-state index is 0.0356. The van der Waals surface area contributed by atoms with Gasteiger partial charge in [0, 0.05) is 24.7 Å². The van der Waals surface area contributed by atoms with Crippen molar-refractivity contribution in [3.63, 3.8) is 0 Å². The quantitative estimate of drug-likeness (QED) is 0.690. The molecule has 5 nitrogen and oxygen atoms in total. The Morgan fingerprint density at radius 1 is 0.964 bits per heavy atom. The van der Waals surface area contributed by atoms with Crippen LogP contribution in [0.15, 0.2) is 83.8 Å². The normalized spacial score (nSPS) is 11.1. The van der Waals surface area contributed by atoms with Crippen molar-refractivity contribution < 1.29 is 17.6 Å². The van der Waals surface area contributed by atoms with Crippen molar-refractivity contribution >= 4 is 21.6 Å². The second kappa shape index (κ2) is 8.22. The number of sulfonamides is 1. The van der Waals surface area contributed by atoms with Crippen molar-refractivity contribution in [3.8, 4) is 0 Å². The Kier molecular flexibility index (Phi) is 5.75. The zero-order valence-electron chi connectivity index (χ0n) is 15.2. The summed E-state index contributed by atoms with van der Waals surface area (Å²) in [6, 6.07) is 20.5. The van der Waals surface area contributed by atoms with Gasteiger partial charge in [0.2, 0.25) is 0 Å². The van der Waals surface area contributed by atoms with Gasteiger partial charge in [-0.3, -0.25) is 9.10 Å². The molecule has 1 amide bonds. The first kappa shape index (κ1) is 19.6. The number of benzene rings is 3. The molecule has 144 valence electrons. The van der Waals surface area contributed by atoms with Crippen molar-refractivity contribution in [3.05, 3.63) is 95.8 Å². The largest absolute Gasteiger partial charge is 0.348 e. The van der Waals surface area contributed by atoms with Gasteiger partial charge in [0.15, 0.2) is 0 Å². The maximum absolute atomic E-state index is 13.7. The molecule has 0 aliphatic heterocycles. The Bertz CT molecular complexity index is 1090. The summed E-state index contributed by atoms with van der Waals surface area (Å²) in [6.07, 6.45) is 0. The predicted molar refractivity (Wildman–Crippen MR) is 106 cm³/mol. The van der Waals surface area contributed by atoms with Crippen molar-refractivity contribution in [1.29, 1.82) is 0 Å². The van der Waals surface area contributed by atoms with E-state index >= 15 is 0 Å². The number of hydrogen-bond donors (Lipinski definition) is 1. The van der Waals surface area contributed by atoms with Crippen molar-refractivity contribution in [2.45, 2.75) is 11.4 Å². The fraction of sp³-hybridized carbons (Fsp3) is 0.0952. The van der Waals surface area contributed by atoms with Gasteiger partial charge in [-0.05, 0) is 36.4 Å². The van der Waals surface area contributed by atoms with Gasteiger partial charge in [-0.2, -0.15) is 0 Å². The molecule has 0 spiro atoms. The van der Waals surface area contributed by atoms with E-state index in [1.165, 1.54) is 31.3 Å². The van der Waals surface area contributed by atoms with Crippen molar-refractivity contribution in [2.75, 3.05) is 11.4 Å². The number of carbonyl (C=O) groups excluding carboxylic acids is 1. The summed E-state index contributed by atoms with van der Waals surface area (Å²) in [5.41, 5.74) is 1.00. The van der Waals surface area contributed by atoms with E-state index in [0.717, 1.165) is 4.31 Å². The van der Waals surface area contributed by atoms with Crippen LogP contribution in [-0.4, -0.2) is 21.4 Å². The smallest absolute Gasteiger partial charge is 0.264 e. The van der Waals surface area contributed by atoms with E-state index in [9.17, 15) is 17.6 Å². The molecule has 0 unspecified atom stereocenters. The minimum Gasteiger partial charge on any atom is -0.348 e. The van der Waals surface area contributed by atoms with E-state index in [0.29, 0.717) is 11.3 Å². The highest BCUT2D eigenvalue weighted by atomic mass is 32.2. The first-order valence-electron chi connectivity index (χ1n) is 8.55. The fourth-order valence-corrected chi connectivity index (χ4v) is 3.86. The summed E-state index contributed by atoms with van der Waals surface area (Å²) >= 11 is 0. The molecule has 0 bridgehead atoms. The first-order valence-corrected chi connectivity index (χ1v) is 9.99. The summed E-state index contributed by atoms with van der Waals surface area (Å²) < 4.78 is 40.3.